The van der Waals surface area contributed by atoms with Crippen LogP contribution in [0.25, 0.3) is 0 Å². The second-order valence-electron chi connectivity index (χ2n) is 4.37. The third kappa shape index (κ3) is 2.55. The smallest absolute Gasteiger partial charge is 0.312 e. The van der Waals surface area contributed by atoms with E-state index in [-0.39, 0.29) is 12.1 Å². The Bertz CT molecular complexity index is 580. The topological polar surface area (TPSA) is 64.4 Å². The highest BCUT2D eigenvalue weighted by atomic mass is 19.1. The lowest BCUT2D eigenvalue weighted by atomic mass is 10.1. The van der Waals surface area contributed by atoms with Crippen LogP contribution in [0.5, 0.6) is 0 Å². The predicted octanol–water partition coefficient (Wildman–Crippen LogP) is 0.498. The van der Waals surface area contributed by atoms with Gasteiger partial charge < -0.3 is 9.80 Å². The quantitative estimate of drug-likeness (QED) is 0.728. The lowest BCUT2D eigenvalue weighted by Crippen LogP contribution is -2.52. The number of carbonyl (C=O) groups is 2. The van der Waals surface area contributed by atoms with Crippen molar-refractivity contribution in [3.05, 3.63) is 35.1 Å². The van der Waals surface area contributed by atoms with Gasteiger partial charge >= 0.3 is 11.8 Å². The van der Waals surface area contributed by atoms with E-state index in [1.165, 1.54) is 28.0 Å². The largest absolute Gasteiger partial charge is 0.336 e. The third-order valence-corrected chi connectivity index (χ3v) is 3.06. The maximum absolute atomic E-state index is 13.6. The summed E-state index contributed by atoms with van der Waals surface area (Å²) < 4.78 is 13.6. The van der Waals surface area contributed by atoms with Crippen molar-refractivity contribution >= 4 is 11.8 Å². The fraction of sp³-hybridized carbons (Fsp3) is 0.308. The van der Waals surface area contributed by atoms with Crippen molar-refractivity contribution in [2.24, 2.45) is 0 Å². The Labute approximate surface area is 109 Å². The van der Waals surface area contributed by atoms with Gasteiger partial charge in [0.15, 0.2) is 0 Å². The Morgan fingerprint density at radius 2 is 2.05 bits per heavy atom. The molecule has 1 saturated heterocycles. The summed E-state index contributed by atoms with van der Waals surface area (Å²) in [5.41, 5.74) is 0.564. The van der Waals surface area contributed by atoms with Gasteiger partial charge in [0.2, 0.25) is 0 Å². The van der Waals surface area contributed by atoms with E-state index in [0.29, 0.717) is 18.7 Å². The molecule has 0 saturated carbocycles. The van der Waals surface area contributed by atoms with E-state index in [1.54, 1.807) is 7.05 Å². The molecule has 1 aromatic rings. The summed E-state index contributed by atoms with van der Waals surface area (Å²) in [6, 6.07) is 5.87. The van der Waals surface area contributed by atoms with Crippen LogP contribution in [0.3, 0.4) is 0 Å². The van der Waals surface area contributed by atoms with Gasteiger partial charge in [-0.25, -0.2) is 4.39 Å². The first kappa shape index (κ1) is 13.0. The van der Waals surface area contributed by atoms with Gasteiger partial charge in [-0.05, 0) is 18.2 Å². The fourth-order valence-electron chi connectivity index (χ4n) is 1.89. The number of hydrogen-bond acceptors (Lipinski definition) is 3. The van der Waals surface area contributed by atoms with Crippen molar-refractivity contribution in [1.82, 2.24) is 9.80 Å². The summed E-state index contributed by atoms with van der Waals surface area (Å²) in [7, 11) is 1.55. The second kappa shape index (κ2) is 5.06. The molecule has 19 heavy (non-hydrogen) atoms. The molecule has 5 nitrogen and oxygen atoms in total. The number of nitrogens with zero attached hydrogens (tertiary/aromatic N) is 3. The maximum atomic E-state index is 13.6. The molecule has 1 aliphatic heterocycles. The molecule has 0 bridgehead atoms. The zero-order chi connectivity index (χ0) is 14.0. The van der Waals surface area contributed by atoms with Gasteiger partial charge in [-0.2, -0.15) is 5.26 Å². The molecule has 0 atom stereocenters. The van der Waals surface area contributed by atoms with E-state index in [1.807, 2.05) is 6.07 Å². The molecule has 0 aliphatic carbocycles. The van der Waals surface area contributed by atoms with Crippen molar-refractivity contribution in [2.45, 2.75) is 6.54 Å². The predicted molar refractivity (Wildman–Crippen MR) is 64.2 cm³/mol. The highest BCUT2D eigenvalue weighted by molar-refractivity contribution is 6.35. The van der Waals surface area contributed by atoms with E-state index in [2.05, 4.69) is 0 Å². The number of rotatable bonds is 2. The molecule has 2 amide bonds. The summed E-state index contributed by atoms with van der Waals surface area (Å²) in [6.07, 6.45) is 0. The normalized spacial score (nSPS) is 15.6. The fourth-order valence-corrected chi connectivity index (χ4v) is 1.89. The van der Waals surface area contributed by atoms with Crippen molar-refractivity contribution in [3.63, 3.8) is 0 Å². The van der Waals surface area contributed by atoms with Crippen LogP contribution in [-0.4, -0.2) is 41.8 Å². The number of hydrogen-bond donors (Lipinski definition) is 0. The second-order valence-corrected chi connectivity index (χ2v) is 4.37. The molecule has 1 fully saturated rings. The Balaban J connectivity index is 2.20. The lowest BCUT2D eigenvalue weighted by Gasteiger charge is -2.31. The Morgan fingerprint density at radius 1 is 1.32 bits per heavy atom. The first-order valence-electron chi connectivity index (χ1n) is 5.76. The zero-order valence-electron chi connectivity index (χ0n) is 10.4. The number of nitriles is 1. The van der Waals surface area contributed by atoms with Gasteiger partial charge in [0, 0.05) is 32.2 Å². The Kier molecular flexibility index (Phi) is 3.47. The molecule has 0 unspecified atom stereocenters. The van der Waals surface area contributed by atoms with E-state index in [9.17, 15) is 14.0 Å². The highest BCUT2D eigenvalue weighted by Gasteiger charge is 2.30. The molecule has 98 valence electrons. The van der Waals surface area contributed by atoms with E-state index in [4.69, 9.17) is 5.26 Å². The first-order chi connectivity index (χ1) is 9.02. The van der Waals surface area contributed by atoms with Crippen LogP contribution in [0.4, 0.5) is 4.39 Å². The van der Waals surface area contributed by atoms with E-state index < -0.39 is 17.6 Å². The Morgan fingerprint density at radius 3 is 2.74 bits per heavy atom. The third-order valence-electron chi connectivity index (χ3n) is 3.06. The van der Waals surface area contributed by atoms with Crippen LogP contribution in [0.2, 0.25) is 0 Å². The summed E-state index contributed by atoms with van der Waals surface area (Å²) in [4.78, 5) is 25.9. The summed E-state index contributed by atoms with van der Waals surface area (Å²) in [5, 5.41) is 8.77. The molecule has 1 heterocycles. The number of likely N-dealkylation sites (N-methyl/N-ethyl adjacent to an activating group) is 1. The summed E-state index contributed by atoms with van der Waals surface area (Å²) >= 11 is 0. The zero-order valence-corrected chi connectivity index (χ0v) is 10.4. The molecule has 6 heteroatoms. The van der Waals surface area contributed by atoms with Crippen molar-refractivity contribution < 1.29 is 14.0 Å². The molecule has 0 spiro atoms. The van der Waals surface area contributed by atoms with Crippen LogP contribution in [-0.2, 0) is 16.1 Å². The average Bonchev–Trinajstić information content (AvgIpc) is 2.41. The van der Waals surface area contributed by atoms with Crippen LogP contribution in [0, 0.1) is 17.1 Å². The average molecular weight is 261 g/mol. The molecule has 1 aliphatic rings. The van der Waals surface area contributed by atoms with Crippen LogP contribution < -0.4 is 0 Å². The summed E-state index contributed by atoms with van der Waals surface area (Å²) in [6.45, 7) is 0.779. The van der Waals surface area contributed by atoms with Gasteiger partial charge in [-0.1, -0.05) is 0 Å². The molecule has 0 aromatic heterocycles. The number of carbonyl (C=O) groups excluding carboxylic acids is 2. The van der Waals surface area contributed by atoms with Gasteiger partial charge in [-0.3, -0.25) is 9.59 Å². The number of halogens is 1. The number of benzene rings is 1. The van der Waals surface area contributed by atoms with Crippen molar-refractivity contribution in [1.29, 1.82) is 5.26 Å². The van der Waals surface area contributed by atoms with Crippen LogP contribution in [0.1, 0.15) is 11.1 Å². The minimum Gasteiger partial charge on any atom is -0.336 e. The lowest BCUT2D eigenvalue weighted by molar-refractivity contribution is -0.155. The molecule has 1 aromatic carbocycles. The minimum atomic E-state index is -0.643. The standard InChI is InChI=1S/C13H12FN3O2/c1-16-4-5-17(13(19)12(16)18)8-10-6-9(7-15)2-3-11(10)14/h2-3,6H,4-5,8H2,1H3. The van der Waals surface area contributed by atoms with Gasteiger partial charge in [0.1, 0.15) is 5.82 Å². The molecular weight excluding hydrogens is 249 g/mol. The number of amides is 2. The highest BCUT2D eigenvalue weighted by Crippen LogP contribution is 2.15. The monoisotopic (exact) mass is 261 g/mol. The molecular formula is C13H12FN3O2. The Hall–Kier alpha value is -2.42. The van der Waals surface area contributed by atoms with Crippen molar-refractivity contribution in [3.8, 4) is 6.07 Å². The van der Waals surface area contributed by atoms with Gasteiger partial charge in [0.05, 0.1) is 11.6 Å². The maximum Gasteiger partial charge on any atom is 0.312 e. The number of piperazine rings is 1. The molecule has 0 N–H and O–H groups in total. The van der Waals surface area contributed by atoms with Gasteiger partial charge in [-0.15, -0.1) is 0 Å². The minimum absolute atomic E-state index is 0.000231. The first-order valence-corrected chi connectivity index (χ1v) is 5.76. The van der Waals surface area contributed by atoms with Gasteiger partial charge in [0.25, 0.3) is 0 Å². The van der Waals surface area contributed by atoms with Crippen LogP contribution in [0.15, 0.2) is 18.2 Å². The molecule has 0 radical (unpaired) electrons. The SMILES string of the molecule is CN1CCN(Cc2cc(C#N)ccc2F)C(=O)C1=O. The van der Waals surface area contributed by atoms with Crippen LogP contribution >= 0.6 is 0 Å². The van der Waals surface area contributed by atoms with Crippen molar-refractivity contribution in [2.75, 3.05) is 20.1 Å². The summed E-state index contributed by atoms with van der Waals surface area (Å²) in [5.74, 6) is -1.73. The van der Waals surface area contributed by atoms with E-state index in [0.717, 1.165) is 0 Å². The molecule has 2 rings (SSSR count). The van der Waals surface area contributed by atoms with E-state index >= 15 is 0 Å².